The van der Waals surface area contributed by atoms with Gasteiger partial charge in [-0.15, -0.1) is 0 Å². The monoisotopic (exact) mass is 263 g/mol. The summed E-state index contributed by atoms with van der Waals surface area (Å²) in [6.07, 6.45) is 0. The lowest BCUT2D eigenvalue weighted by Gasteiger charge is -2.11. The molecule has 0 aliphatic rings. The molecule has 0 heterocycles. The minimum Gasteiger partial charge on any atom is -0.324 e. The SMILES string of the molecule is Cc1cc(-c2cccc(C(C)N)c2)c(Cl)cc1F. The van der Waals surface area contributed by atoms with E-state index >= 15 is 0 Å². The Morgan fingerprint density at radius 1 is 1.22 bits per heavy atom. The van der Waals surface area contributed by atoms with Gasteiger partial charge in [-0.25, -0.2) is 4.39 Å². The van der Waals surface area contributed by atoms with E-state index in [4.69, 9.17) is 17.3 Å². The summed E-state index contributed by atoms with van der Waals surface area (Å²) < 4.78 is 13.4. The van der Waals surface area contributed by atoms with Gasteiger partial charge in [-0.3, -0.25) is 0 Å². The summed E-state index contributed by atoms with van der Waals surface area (Å²) in [5.74, 6) is -0.285. The fourth-order valence-corrected chi connectivity index (χ4v) is 2.13. The molecule has 3 heteroatoms. The molecule has 1 nitrogen and oxygen atoms in total. The fourth-order valence-electron chi connectivity index (χ4n) is 1.87. The van der Waals surface area contributed by atoms with E-state index in [0.29, 0.717) is 10.6 Å². The van der Waals surface area contributed by atoms with Gasteiger partial charge in [0.15, 0.2) is 0 Å². The van der Waals surface area contributed by atoms with E-state index in [1.54, 1.807) is 13.0 Å². The lowest BCUT2D eigenvalue weighted by Crippen LogP contribution is -2.04. The number of hydrogen-bond donors (Lipinski definition) is 1. The number of halogens is 2. The first-order valence-electron chi connectivity index (χ1n) is 5.80. The average molecular weight is 264 g/mol. The lowest BCUT2D eigenvalue weighted by molar-refractivity contribution is 0.619. The Labute approximate surface area is 111 Å². The Morgan fingerprint density at radius 3 is 2.61 bits per heavy atom. The van der Waals surface area contributed by atoms with Crippen molar-refractivity contribution in [3.05, 3.63) is 58.4 Å². The van der Waals surface area contributed by atoms with Crippen molar-refractivity contribution in [2.45, 2.75) is 19.9 Å². The molecule has 1 atom stereocenters. The minimum absolute atomic E-state index is 0.0368. The maximum absolute atomic E-state index is 13.4. The first kappa shape index (κ1) is 13.1. The second-order valence-electron chi connectivity index (χ2n) is 4.50. The third-order valence-corrected chi connectivity index (χ3v) is 3.28. The van der Waals surface area contributed by atoms with Crippen LogP contribution in [0, 0.1) is 12.7 Å². The van der Waals surface area contributed by atoms with Gasteiger partial charge in [0.1, 0.15) is 5.82 Å². The largest absolute Gasteiger partial charge is 0.324 e. The summed E-state index contributed by atoms with van der Waals surface area (Å²) >= 11 is 6.10. The highest BCUT2D eigenvalue weighted by molar-refractivity contribution is 6.33. The van der Waals surface area contributed by atoms with Crippen LogP contribution in [0.1, 0.15) is 24.1 Å². The Bertz CT molecular complexity index is 579. The molecule has 2 rings (SSSR count). The normalized spacial score (nSPS) is 12.5. The molecule has 2 aromatic rings. The van der Waals surface area contributed by atoms with Crippen LogP contribution in [0.4, 0.5) is 4.39 Å². The Kier molecular flexibility index (Phi) is 3.69. The first-order valence-corrected chi connectivity index (χ1v) is 6.18. The van der Waals surface area contributed by atoms with Crippen LogP contribution in [0.2, 0.25) is 5.02 Å². The van der Waals surface area contributed by atoms with Crippen molar-refractivity contribution in [3.8, 4) is 11.1 Å². The smallest absolute Gasteiger partial charge is 0.127 e. The van der Waals surface area contributed by atoms with E-state index in [1.165, 1.54) is 6.07 Å². The van der Waals surface area contributed by atoms with Gasteiger partial charge in [-0.2, -0.15) is 0 Å². The summed E-state index contributed by atoms with van der Waals surface area (Å²) in [4.78, 5) is 0. The maximum Gasteiger partial charge on any atom is 0.127 e. The van der Waals surface area contributed by atoms with E-state index in [9.17, 15) is 4.39 Å². The summed E-state index contributed by atoms with van der Waals surface area (Å²) in [7, 11) is 0. The molecule has 0 aliphatic carbocycles. The molecule has 0 spiro atoms. The van der Waals surface area contributed by atoms with Crippen LogP contribution >= 0.6 is 11.6 Å². The standard InChI is InChI=1S/C15H15ClFN/c1-9-6-13(14(16)8-15(9)17)12-5-3-4-11(7-12)10(2)18/h3-8,10H,18H2,1-2H3. The molecule has 0 radical (unpaired) electrons. The molecule has 0 bridgehead atoms. The molecule has 2 N–H and O–H groups in total. The van der Waals surface area contributed by atoms with Crippen LogP contribution in [0.3, 0.4) is 0 Å². The second-order valence-corrected chi connectivity index (χ2v) is 4.90. The molecule has 1 unspecified atom stereocenters. The topological polar surface area (TPSA) is 26.0 Å². The van der Waals surface area contributed by atoms with Gasteiger partial charge in [-0.05, 0) is 48.7 Å². The van der Waals surface area contributed by atoms with Gasteiger partial charge >= 0.3 is 0 Å². The zero-order valence-corrected chi connectivity index (χ0v) is 11.1. The highest BCUT2D eigenvalue weighted by atomic mass is 35.5. The first-order chi connectivity index (χ1) is 8.49. The molecule has 0 aromatic heterocycles. The van der Waals surface area contributed by atoms with Gasteiger partial charge in [0, 0.05) is 11.6 Å². The third kappa shape index (κ3) is 2.55. The molecular weight excluding hydrogens is 249 g/mol. The number of benzene rings is 2. The zero-order valence-electron chi connectivity index (χ0n) is 10.4. The van der Waals surface area contributed by atoms with Crippen LogP contribution in [-0.4, -0.2) is 0 Å². The van der Waals surface area contributed by atoms with Crippen molar-refractivity contribution in [2.75, 3.05) is 0 Å². The molecule has 18 heavy (non-hydrogen) atoms. The molecule has 0 fully saturated rings. The second kappa shape index (κ2) is 5.09. The van der Waals surface area contributed by atoms with Crippen LogP contribution in [0.15, 0.2) is 36.4 Å². The van der Waals surface area contributed by atoms with E-state index < -0.39 is 0 Å². The van der Waals surface area contributed by atoms with Gasteiger partial charge in [0.25, 0.3) is 0 Å². The van der Waals surface area contributed by atoms with E-state index in [2.05, 4.69) is 0 Å². The van der Waals surface area contributed by atoms with E-state index in [0.717, 1.165) is 16.7 Å². The van der Waals surface area contributed by atoms with Crippen molar-refractivity contribution in [1.29, 1.82) is 0 Å². The van der Waals surface area contributed by atoms with Crippen molar-refractivity contribution in [2.24, 2.45) is 5.73 Å². The molecule has 0 saturated heterocycles. The summed E-state index contributed by atoms with van der Waals surface area (Å²) in [6, 6.07) is 10.9. The Balaban J connectivity index is 2.55. The molecule has 0 saturated carbocycles. The molecule has 0 aliphatic heterocycles. The number of nitrogens with two attached hydrogens (primary N) is 1. The molecule has 0 amide bonds. The van der Waals surface area contributed by atoms with Gasteiger partial charge < -0.3 is 5.73 Å². The summed E-state index contributed by atoms with van der Waals surface area (Å²) in [5, 5.41) is 0.417. The van der Waals surface area contributed by atoms with Gasteiger partial charge in [0.2, 0.25) is 0 Å². The number of hydrogen-bond acceptors (Lipinski definition) is 1. The quantitative estimate of drug-likeness (QED) is 0.850. The van der Waals surface area contributed by atoms with Crippen molar-refractivity contribution in [1.82, 2.24) is 0 Å². The third-order valence-electron chi connectivity index (χ3n) is 2.97. The maximum atomic E-state index is 13.4. The van der Waals surface area contributed by atoms with E-state index in [-0.39, 0.29) is 11.9 Å². The average Bonchev–Trinajstić information content (AvgIpc) is 2.34. The van der Waals surface area contributed by atoms with Gasteiger partial charge in [-0.1, -0.05) is 29.8 Å². The molecule has 94 valence electrons. The van der Waals surface area contributed by atoms with Crippen LogP contribution in [0.5, 0.6) is 0 Å². The van der Waals surface area contributed by atoms with Crippen molar-refractivity contribution < 1.29 is 4.39 Å². The van der Waals surface area contributed by atoms with Crippen LogP contribution in [0.25, 0.3) is 11.1 Å². The lowest BCUT2D eigenvalue weighted by atomic mass is 9.99. The zero-order chi connectivity index (χ0) is 13.3. The molecule has 2 aromatic carbocycles. The van der Waals surface area contributed by atoms with Crippen molar-refractivity contribution in [3.63, 3.8) is 0 Å². The highest BCUT2D eigenvalue weighted by Crippen LogP contribution is 2.31. The van der Waals surface area contributed by atoms with Crippen LogP contribution < -0.4 is 5.73 Å². The van der Waals surface area contributed by atoms with E-state index in [1.807, 2.05) is 31.2 Å². The Morgan fingerprint density at radius 2 is 1.94 bits per heavy atom. The summed E-state index contributed by atoms with van der Waals surface area (Å²) in [6.45, 7) is 3.65. The minimum atomic E-state index is -0.285. The van der Waals surface area contributed by atoms with Gasteiger partial charge in [0.05, 0.1) is 5.02 Å². The number of aryl methyl sites for hydroxylation is 1. The molecular formula is C15H15ClFN. The fraction of sp³-hybridized carbons (Fsp3) is 0.200. The predicted molar refractivity (Wildman–Crippen MR) is 74.2 cm³/mol. The highest BCUT2D eigenvalue weighted by Gasteiger charge is 2.09. The summed E-state index contributed by atoms with van der Waals surface area (Å²) in [5.41, 5.74) is 9.26. The van der Waals surface area contributed by atoms with Crippen molar-refractivity contribution >= 4 is 11.6 Å². The Hall–Kier alpha value is -1.38. The van der Waals surface area contributed by atoms with Crippen LogP contribution in [-0.2, 0) is 0 Å². The predicted octanol–water partition coefficient (Wildman–Crippen LogP) is 4.47. The number of rotatable bonds is 2.